The number of aryl methyl sites for hydroxylation is 1. The van der Waals surface area contributed by atoms with Crippen LogP contribution in [0.25, 0.3) is 11.2 Å². The minimum atomic E-state index is -2.73. The zero-order valence-electron chi connectivity index (χ0n) is 15.7. The van der Waals surface area contributed by atoms with E-state index in [1.807, 2.05) is 20.8 Å². The lowest BCUT2D eigenvalue weighted by Crippen LogP contribution is -2.27. The van der Waals surface area contributed by atoms with Crippen molar-refractivity contribution in [3.63, 3.8) is 0 Å². The molecular weight excluding hydrogens is 356 g/mol. The predicted octanol–water partition coefficient (Wildman–Crippen LogP) is 1.54. The molecule has 9 nitrogen and oxygen atoms in total. The van der Waals surface area contributed by atoms with Gasteiger partial charge in [-0.05, 0) is 0 Å². The molecule has 0 amide bonds. The highest BCUT2D eigenvalue weighted by Gasteiger charge is 2.40. The molecule has 4 heterocycles. The Bertz CT molecular complexity index is 986. The van der Waals surface area contributed by atoms with Crippen LogP contribution in [-0.4, -0.2) is 58.7 Å². The molecule has 1 aliphatic heterocycles. The first kappa shape index (κ1) is 17.7. The zero-order chi connectivity index (χ0) is 19.4. The first-order valence-corrected chi connectivity index (χ1v) is 8.71. The van der Waals surface area contributed by atoms with Gasteiger partial charge in [0.05, 0.1) is 6.54 Å². The summed E-state index contributed by atoms with van der Waals surface area (Å²) >= 11 is 0. The third-order valence-corrected chi connectivity index (χ3v) is 4.50. The maximum atomic E-state index is 13.8. The third-order valence-electron chi connectivity index (χ3n) is 4.50. The molecule has 1 aliphatic rings. The minimum absolute atomic E-state index is 0.198. The molecular formula is C16H21F2N9. The molecule has 0 atom stereocenters. The largest absolute Gasteiger partial charge is 0.348 e. The van der Waals surface area contributed by atoms with Gasteiger partial charge in [-0.1, -0.05) is 20.8 Å². The van der Waals surface area contributed by atoms with E-state index in [2.05, 4.69) is 30.2 Å². The van der Waals surface area contributed by atoms with Gasteiger partial charge in [0, 0.05) is 25.4 Å². The van der Waals surface area contributed by atoms with E-state index in [9.17, 15) is 8.78 Å². The van der Waals surface area contributed by atoms with Crippen molar-refractivity contribution in [2.24, 2.45) is 7.05 Å². The molecule has 1 fully saturated rings. The quantitative estimate of drug-likeness (QED) is 0.684. The van der Waals surface area contributed by atoms with E-state index >= 15 is 0 Å². The second kappa shape index (κ2) is 5.89. The summed E-state index contributed by atoms with van der Waals surface area (Å²) < 4.78 is 29.2. The molecule has 1 saturated heterocycles. The van der Waals surface area contributed by atoms with Crippen LogP contribution < -0.4 is 4.90 Å². The van der Waals surface area contributed by atoms with Crippen LogP contribution in [0.15, 0.2) is 6.33 Å². The van der Waals surface area contributed by atoms with Gasteiger partial charge in [-0.25, -0.2) is 23.7 Å². The molecule has 27 heavy (non-hydrogen) atoms. The smallest absolute Gasteiger partial charge is 0.266 e. The van der Waals surface area contributed by atoms with Gasteiger partial charge in [-0.2, -0.15) is 9.90 Å². The number of nitrogens with zero attached hydrogens (tertiary/aromatic N) is 9. The third kappa shape index (κ3) is 3.33. The van der Waals surface area contributed by atoms with Crippen molar-refractivity contribution in [2.75, 3.05) is 18.0 Å². The summed E-state index contributed by atoms with van der Waals surface area (Å²) in [6, 6.07) is 0. The van der Waals surface area contributed by atoms with Crippen LogP contribution in [0.3, 0.4) is 0 Å². The van der Waals surface area contributed by atoms with Gasteiger partial charge in [0.2, 0.25) is 5.65 Å². The first-order valence-electron chi connectivity index (χ1n) is 8.71. The summed E-state index contributed by atoms with van der Waals surface area (Å²) in [6.07, 6.45) is 1.25. The lowest BCUT2D eigenvalue weighted by atomic mass is 9.96. The highest BCUT2D eigenvalue weighted by atomic mass is 19.3. The van der Waals surface area contributed by atoms with Gasteiger partial charge in [0.15, 0.2) is 11.3 Å². The number of fused-ring (bicyclic) bond motifs is 1. The second-order valence-corrected chi connectivity index (χ2v) is 7.85. The maximum absolute atomic E-state index is 13.8. The van der Waals surface area contributed by atoms with Crippen LogP contribution in [-0.2, 0) is 19.0 Å². The number of hydrogen-bond acceptors (Lipinski definition) is 7. The maximum Gasteiger partial charge on any atom is 0.266 e. The van der Waals surface area contributed by atoms with Crippen LogP contribution >= 0.6 is 0 Å². The fraction of sp³-hybridized carbons (Fsp3) is 0.625. The predicted molar refractivity (Wildman–Crippen MR) is 93.7 cm³/mol. The number of hydrogen-bond donors (Lipinski definition) is 0. The molecule has 4 rings (SSSR count). The number of alkyl halides is 2. The van der Waals surface area contributed by atoms with Crippen molar-refractivity contribution >= 4 is 17.0 Å². The summed E-state index contributed by atoms with van der Waals surface area (Å²) in [6.45, 7) is 6.06. The molecule has 0 aliphatic carbocycles. The Balaban J connectivity index is 1.80. The topological polar surface area (TPSA) is 90.4 Å². The molecule has 0 saturated carbocycles. The lowest BCUT2D eigenvalue weighted by molar-refractivity contribution is 0.0257. The Morgan fingerprint density at radius 3 is 2.56 bits per heavy atom. The van der Waals surface area contributed by atoms with Crippen molar-refractivity contribution in [3.05, 3.63) is 18.0 Å². The summed E-state index contributed by atoms with van der Waals surface area (Å²) in [5.41, 5.74) is 0.462. The van der Waals surface area contributed by atoms with Gasteiger partial charge < -0.3 is 4.90 Å². The molecule has 144 valence electrons. The molecule has 0 N–H and O–H groups in total. The Hall–Kier alpha value is -2.72. The average Bonchev–Trinajstić information content (AvgIpc) is 3.25. The van der Waals surface area contributed by atoms with Crippen molar-refractivity contribution in [2.45, 2.75) is 45.1 Å². The number of rotatable bonds is 3. The molecule has 0 radical (unpaired) electrons. The van der Waals surface area contributed by atoms with Gasteiger partial charge in [-0.3, -0.25) is 4.68 Å². The molecule has 0 bridgehead atoms. The number of aromatic nitrogens is 8. The van der Waals surface area contributed by atoms with Crippen molar-refractivity contribution in [1.82, 2.24) is 39.7 Å². The monoisotopic (exact) mass is 377 g/mol. The van der Waals surface area contributed by atoms with Gasteiger partial charge in [0.25, 0.3) is 5.92 Å². The van der Waals surface area contributed by atoms with Gasteiger partial charge >= 0.3 is 0 Å². The first-order chi connectivity index (χ1) is 12.6. The van der Waals surface area contributed by atoms with E-state index in [0.717, 1.165) is 0 Å². The highest BCUT2D eigenvalue weighted by molar-refractivity contribution is 5.82. The van der Waals surface area contributed by atoms with Crippen molar-refractivity contribution in [3.8, 4) is 0 Å². The van der Waals surface area contributed by atoms with Crippen LogP contribution in [0.4, 0.5) is 14.6 Å². The molecule has 0 aromatic carbocycles. The number of halogens is 2. The van der Waals surface area contributed by atoms with E-state index in [1.165, 1.54) is 11.1 Å². The van der Waals surface area contributed by atoms with Crippen LogP contribution in [0.5, 0.6) is 0 Å². The van der Waals surface area contributed by atoms with Crippen LogP contribution in [0, 0.1) is 0 Å². The average molecular weight is 377 g/mol. The number of anilines is 1. The van der Waals surface area contributed by atoms with E-state index in [-0.39, 0.29) is 24.9 Å². The normalized spacial score (nSPS) is 17.2. The van der Waals surface area contributed by atoms with Crippen LogP contribution in [0.1, 0.15) is 38.8 Å². The van der Waals surface area contributed by atoms with Gasteiger partial charge in [0.1, 0.15) is 24.5 Å². The standard InChI is InChI=1S/C16H21F2N9/c1-15(2,3)14-21-12-11(13(22-14)26-6-5-16(17,18)8-26)23-27(24-12)7-10-19-9-20-25(10)4/h9H,5-8H2,1-4H3. The van der Waals surface area contributed by atoms with Crippen LogP contribution in [0.2, 0.25) is 0 Å². The highest BCUT2D eigenvalue weighted by Crippen LogP contribution is 2.33. The van der Waals surface area contributed by atoms with Crippen molar-refractivity contribution in [1.29, 1.82) is 0 Å². The zero-order valence-corrected chi connectivity index (χ0v) is 15.7. The summed E-state index contributed by atoms with van der Waals surface area (Å²) in [5, 5.41) is 12.9. The Morgan fingerprint density at radius 1 is 1.19 bits per heavy atom. The lowest BCUT2D eigenvalue weighted by Gasteiger charge is -2.21. The summed E-state index contributed by atoms with van der Waals surface area (Å²) in [4.78, 5) is 16.3. The fourth-order valence-electron chi connectivity index (χ4n) is 2.97. The minimum Gasteiger partial charge on any atom is -0.348 e. The van der Waals surface area contributed by atoms with Gasteiger partial charge in [-0.15, -0.1) is 10.2 Å². The summed E-state index contributed by atoms with van der Waals surface area (Å²) in [5.74, 6) is -1.10. The van der Waals surface area contributed by atoms with Crippen molar-refractivity contribution < 1.29 is 8.78 Å². The fourth-order valence-corrected chi connectivity index (χ4v) is 2.97. The van der Waals surface area contributed by atoms with E-state index in [0.29, 0.717) is 35.2 Å². The Kier molecular flexibility index (Phi) is 3.86. The molecule has 0 spiro atoms. The van der Waals surface area contributed by atoms with E-state index in [4.69, 9.17) is 0 Å². The summed E-state index contributed by atoms with van der Waals surface area (Å²) in [7, 11) is 1.78. The molecule has 0 unspecified atom stereocenters. The second-order valence-electron chi connectivity index (χ2n) is 7.85. The molecule has 11 heteroatoms. The van der Waals surface area contributed by atoms with E-state index < -0.39 is 5.92 Å². The molecule has 3 aromatic rings. The Morgan fingerprint density at radius 2 is 1.96 bits per heavy atom. The Labute approximate surface area is 154 Å². The van der Waals surface area contributed by atoms with E-state index in [1.54, 1.807) is 16.6 Å². The SMILES string of the molecule is Cn1ncnc1Cn1nc2nc(C(C)(C)C)nc(N3CCC(F)(F)C3)c2n1. The molecule has 3 aromatic heterocycles.